The summed E-state index contributed by atoms with van der Waals surface area (Å²) >= 11 is 1.58. The molecule has 19 heavy (non-hydrogen) atoms. The molecule has 0 aromatic carbocycles. The molecule has 0 radical (unpaired) electrons. The molecule has 0 aliphatic heterocycles. The zero-order valence-electron chi connectivity index (χ0n) is 12.2. The SMILES string of the molecule is Cc1cnc(C(C)NC(=O)N(CC(C)O)C(C)C)s1. The van der Waals surface area contributed by atoms with Gasteiger partial charge in [-0.3, -0.25) is 0 Å². The number of urea groups is 1. The predicted molar refractivity (Wildman–Crippen MR) is 77.3 cm³/mol. The average molecular weight is 285 g/mol. The highest BCUT2D eigenvalue weighted by molar-refractivity contribution is 7.11. The first-order valence-electron chi connectivity index (χ1n) is 6.48. The number of aryl methyl sites for hydroxylation is 1. The number of hydrogen-bond acceptors (Lipinski definition) is 4. The Labute approximate surface area is 118 Å². The summed E-state index contributed by atoms with van der Waals surface area (Å²) in [7, 11) is 0. The van der Waals surface area contributed by atoms with Crippen molar-refractivity contribution in [2.45, 2.75) is 52.8 Å². The van der Waals surface area contributed by atoms with Crippen molar-refractivity contribution in [3.63, 3.8) is 0 Å². The first-order chi connectivity index (χ1) is 8.81. The fourth-order valence-electron chi connectivity index (χ4n) is 1.72. The molecule has 1 aromatic rings. The Balaban J connectivity index is 2.65. The molecule has 0 bridgehead atoms. The highest BCUT2D eigenvalue weighted by atomic mass is 32.1. The van der Waals surface area contributed by atoms with E-state index in [1.165, 1.54) is 0 Å². The van der Waals surface area contributed by atoms with E-state index in [1.807, 2.05) is 27.7 Å². The predicted octanol–water partition coefficient (Wildman–Crippen LogP) is 2.31. The van der Waals surface area contributed by atoms with Gasteiger partial charge in [-0.15, -0.1) is 11.3 Å². The molecule has 0 aliphatic rings. The van der Waals surface area contributed by atoms with Gasteiger partial charge in [0.25, 0.3) is 0 Å². The van der Waals surface area contributed by atoms with Crippen LogP contribution in [0.5, 0.6) is 0 Å². The number of aromatic nitrogens is 1. The van der Waals surface area contributed by atoms with Crippen LogP contribution in [0.3, 0.4) is 0 Å². The molecule has 0 saturated carbocycles. The average Bonchev–Trinajstić information content (AvgIpc) is 2.72. The van der Waals surface area contributed by atoms with E-state index in [9.17, 15) is 9.90 Å². The Morgan fingerprint density at radius 2 is 2.11 bits per heavy atom. The van der Waals surface area contributed by atoms with Gasteiger partial charge in [-0.1, -0.05) is 0 Å². The second-order valence-electron chi connectivity index (χ2n) is 5.08. The van der Waals surface area contributed by atoms with Crippen LogP contribution in [0, 0.1) is 6.92 Å². The maximum atomic E-state index is 12.2. The van der Waals surface area contributed by atoms with Gasteiger partial charge in [0.05, 0.1) is 12.1 Å². The number of aliphatic hydroxyl groups is 1. The molecule has 1 heterocycles. The molecule has 0 aliphatic carbocycles. The minimum absolute atomic E-state index is 0.0415. The molecule has 108 valence electrons. The number of carbonyl (C=O) groups excluding carboxylic acids is 1. The summed E-state index contributed by atoms with van der Waals surface area (Å²) in [4.78, 5) is 19.2. The van der Waals surface area contributed by atoms with Crippen LogP contribution in [0.2, 0.25) is 0 Å². The van der Waals surface area contributed by atoms with E-state index >= 15 is 0 Å². The quantitative estimate of drug-likeness (QED) is 0.872. The lowest BCUT2D eigenvalue weighted by molar-refractivity contribution is 0.117. The number of hydrogen-bond donors (Lipinski definition) is 2. The summed E-state index contributed by atoms with van der Waals surface area (Å²) in [6, 6.07) is -0.252. The fourth-order valence-corrected chi connectivity index (χ4v) is 2.49. The Kier molecular flexibility index (Phi) is 5.75. The van der Waals surface area contributed by atoms with E-state index in [4.69, 9.17) is 0 Å². The van der Waals surface area contributed by atoms with Gasteiger partial charge < -0.3 is 15.3 Å². The van der Waals surface area contributed by atoms with Crippen molar-refractivity contribution < 1.29 is 9.90 Å². The van der Waals surface area contributed by atoms with Gasteiger partial charge in [-0.05, 0) is 34.6 Å². The lowest BCUT2D eigenvalue weighted by Crippen LogP contribution is -2.47. The normalized spacial score (nSPS) is 14.3. The second kappa shape index (κ2) is 6.86. The second-order valence-corrected chi connectivity index (χ2v) is 6.34. The summed E-state index contributed by atoms with van der Waals surface area (Å²) in [5, 5.41) is 13.3. The standard InChI is InChI=1S/C13H23N3O2S/c1-8(2)16(7-9(3)17)13(18)15-11(5)12-14-6-10(4)19-12/h6,8-9,11,17H,7H2,1-5H3,(H,15,18). The minimum atomic E-state index is -0.537. The molecule has 5 nitrogen and oxygen atoms in total. The number of aliphatic hydroxyl groups excluding tert-OH is 1. The lowest BCUT2D eigenvalue weighted by Gasteiger charge is -2.29. The van der Waals surface area contributed by atoms with Crippen molar-refractivity contribution in [3.8, 4) is 0 Å². The highest BCUT2D eigenvalue weighted by Crippen LogP contribution is 2.19. The molecule has 2 unspecified atom stereocenters. The Bertz CT molecular complexity index is 418. The van der Waals surface area contributed by atoms with E-state index in [2.05, 4.69) is 10.3 Å². The van der Waals surface area contributed by atoms with Crippen LogP contribution >= 0.6 is 11.3 Å². The van der Waals surface area contributed by atoms with Crippen LogP contribution in [0.15, 0.2) is 6.20 Å². The van der Waals surface area contributed by atoms with Crippen molar-refractivity contribution in [1.29, 1.82) is 0 Å². The van der Waals surface area contributed by atoms with E-state index in [1.54, 1.807) is 29.4 Å². The van der Waals surface area contributed by atoms with Gasteiger partial charge in [0.1, 0.15) is 5.01 Å². The fraction of sp³-hybridized carbons (Fsp3) is 0.692. The zero-order chi connectivity index (χ0) is 14.6. The van der Waals surface area contributed by atoms with Crippen molar-refractivity contribution in [1.82, 2.24) is 15.2 Å². The van der Waals surface area contributed by atoms with E-state index in [-0.39, 0.29) is 18.1 Å². The van der Waals surface area contributed by atoms with E-state index < -0.39 is 6.10 Å². The topological polar surface area (TPSA) is 65.5 Å². The van der Waals surface area contributed by atoms with Crippen LogP contribution in [-0.2, 0) is 0 Å². The zero-order valence-corrected chi connectivity index (χ0v) is 13.0. The molecule has 2 N–H and O–H groups in total. The van der Waals surface area contributed by atoms with Crippen LogP contribution < -0.4 is 5.32 Å². The Hall–Kier alpha value is -1.14. The van der Waals surface area contributed by atoms with Crippen molar-refractivity contribution in [2.75, 3.05) is 6.54 Å². The van der Waals surface area contributed by atoms with Gasteiger partial charge in [0.15, 0.2) is 0 Å². The summed E-state index contributed by atoms with van der Waals surface area (Å²) in [5.74, 6) is 0. The number of nitrogens with zero attached hydrogens (tertiary/aromatic N) is 2. The summed E-state index contributed by atoms with van der Waals surface area (Å²) < 4.78 is 0. The monoisotopic (exact) mass is 285 g/mol. The molecule has 1 aromatic heterocycles. The van der Waals surface area contributed by atoms with Crippen molar-refractivity contribution in [2.24, 2.45) is 0 Å². The molecule has 0 fully saturated rings. The van der Waals surface area contributed by atoms with E-state index in [0.29, 0.717) is 6.54 Å². The Morgan fingerprint density at radius 1 is 1.47 bits per heavy atom. The number of rotatable bonds is 5. The van der Waals surface area contributed by atoms with Crippen LogP contribution in [0.25, 0.3) is 0 Å². The van der Waals surface area contributed by atoms with Crippen LogP contribution in [0.4, 0.5) is 4.79 Å². The number of nitrogens with one attached hydrogen (secondary N) is 1. The maximum absolute atomic E-state index is 12.2. The smallest absolute Gasteiger partial charge is 0.318 e. The molecule has 0 spiro atoms. The largest absolute Gasteiger partial charge is 0.392 e. The number of thiazole rings is 1. The van der Waals surface area contributed by atoms with Gasteiger partial charge in [0, 0.05) is 23.7 Å². The molecule has 0 saturated heterocycles. The first kappa shape index (κ1) is 15.9. The van der Waals surface area contributed by atoms with Crippen molar-refractivity contribution >= 4 is 17.4 Å². The van der Waals surface area contributed by atoms with E-state index in [0.717, 1.165) is 9.88 Å². The molecular weight excluding hydrogens is 262 g/mol. The Morgan fingerprint density at radius 3 is 2.53 bits per heavy atom. The van der Waals surface area contributed by atoms with Gasteiger partial charge in [0.2, 0.25) is 0 Å². The lowest BCUT2D eigenvalue weighted by atomic mass is 10.3. The molecular formula is C13H23N3O2S. The third-order valence-electron chi connectivity index (χ3n) is 2.69. The van der Waals surface area contributed by atoms with Gasteiger partial charge in [-0.2, -0.15) is 0 Å². The van der Waals surface area contributed by atoms with Crippen molar-refractivity contribution in [3.05, 3.63) is 16.1 Å². The van der Waals surface area contributed by atoms with Gasteiger partial charge >= 0.3 is 6.03 Å². The minimum Gasteiger partial charge on any atom is -0.392 e. The third kappa shape index (κ3) is 4.80. The summed E-state index contributed by atoms with van der Waals surface area (Å²) in [6.07, 6.45) is 1.27. The maximum Gasteiger partial charge on any atom is 0.318 e. The van der Waals surface area contributed by atoms with Gasteiger partial charge in [-0.25, -0.2) is 9.78 Å². The summed E-state index contributed by atoms with van der Waals surface area (Å²) in [5.41, 5.74) is 0. The highest BCUT2D eigenvalue weighted by Gasteiger charge is 2.21. The molecule has 6 heteroatoms. The number of amides is 2. The third-order valence-corrected chi connectivity index (χ3v) is 3.79. The number of carbonyl (C=O) groups is 1. The summed E-state index contributed by atoms with van der Waals surface area (Å²) in [6.45, 7) is 9.77. The molecule has 2 amide bonds. The molecule has 1 rings (SSSR count). The first-order valence-corrected chi connectivity index (χ1v) is 7.30. The van der Waals surface area contributed by atoms with Crippen LogP contribution in [-0.4, -0.2) is 39.7 Å². The van der Waals surface area contributed by atoms with Crippen LogP contribution in [0.1, 0.15) is 43.6 Å². The molecule has 2 atom stereocenters.